The van der Waals surface area contributed by atoms with Crippen LogP contribution in [0.15, 0.2) is 61.1 Å². The average molecular weight is 360 g/mol. The maximum atomic E-state index is 12.7. The Morgan fingerprint density at radius 2 is 2.00 bits per heavy atom. The van der Waals surface area contributed by atoms with Crippen molar-refractivity contribution in [2.75, 3.05) is 13.1 Å². The summed E-state index contributed by atoms with van der Waals surface area (Å²) in [5, 5.41) is 0. The van der Waals surface area contributed by atoms with Gasteiger partial charge in [-0.1, -0.05) is 30.3 Å². The molecule has 1 unspecified atom stereocenters. The highest BCUT2D eigenvalue weighted by atomic mass is 16.2. The van der Waals surface area contributed by atoms with Crippen LogP contribution in [0, 0.1) is 6.92 Å². The van der Waals surface area contributed by atoms with E-state index in [0.29, 0.717) is 6.42 Å². The summed E-state index contributed by atoms with van der Waals surface area (Å²) in [5.74, 6) is 1.17. The fourth-order valence-corrected chi connectivity index (χ4v) is 3.85. The fraction of sp³-hybridized carbons (Fsp3) is 0.318. The zero-order valence-corrected chi connectivity index (χ0v) is 15.6. The summed E-state index contributed by atoms with van der Waals surface area (Å²) in [5.41, 5.74) is 3.35. The molecule has 0 bridgehead atoms. The summed E-state index contributed by atoms with van der Waals surface area (Å²) in [6.07, 6.45) is 7.84. The van der Waals surface area contributed by atoms with E-state index < -0.39 is 0 Å². The van der Waals surface area contributed by atoms with Crippen LogP contribution >= 0.6 is 0 Å². The zero-order valence-electron chi connectivity index (χ0n) is 15.6. The van der Waals surface area contributed by atoms with Crippen molar-refractivity contribution in [3.05, 3.63) is 72.3 Å². The van der Waals surface area contributed by atoms with Crippen molar-refractivity contribution in [3.63, 3.8) is 0 Å². The molecule has 0 N–H and O–H groups in total. The lowest BCUT2D eigenvalue weighted by atomic mass is 10.1. The van der Waals surface area contributed by atoms with Crippen LogP contribution < -0.4 is 0 Å². The number of hydrogen-bond acceptors (Lipinski definition) is 3. The first-order valence-electron chi connectivity index (χ1n) is 9.48. The molecule has 0 radical (unpaired) electrons. The van der Waals surface area contributed by atoms with Crippen LogP contribution in [0.1, 0.15) is 30.1 Å². The predicted octanol–water partition coefficient (Wildman–Crippen LogP) is 3.66. The third-order valence-corrected chi connectivity index (χ3v) is 5.25. The Bertz CT molecular complexity index is 905. The number of carbonyl (C=O) groups excluding carboxylic acids is 1. The molecule has 1 aromatic carbocycles. The van der Waals surface area contributed by atoms with E-state index in [1.165, 1.54) is 5.56 Å². The molecule has 1 amide bonds. The SMILES string of the molecule is Cc1cnc(-c2cccnc2)n1C1CCN(C(=O)CCc2ccccc2)C1. The first-order valence-corrected chi connectivity index (χ1v) is 9.48. The van der Waals surface area contributed by atoms with E-state index in [1.54, 1.807) is 6.20 Å². The Kier molecular flexibility index (Phi) is 5.01. The lowest BCUT2D eigenvalue weighted by Crippen LogP contribution is -2.29. The molecule has 1 aliphatic heterocycles. The van der Waals surface area contributed by atoms with E-state index in [0.717, 1.165) is 43.0 Å². The van der Waals surface area contributed by atoms with Gasteiger partial charge in [-0.05, 0) is 37.5 Å². The molecule has 0 spiro atoms. The third-order valence-electron chi connectivity index (χ3n) is 5.25. The van der Waals surface area contributed by atoms with Crippen molar-refractivity contribution in [2.24, 2.45) is 0 Å². The molecule has 0 aliphatic carbocycles. The number of nitrogens with zero attached hydrogens (tertiary/aromatic N) is 4. The number of benzene rings is 1. The van der Waals surface area contributed by atoms with Gasteiger partial charge >= 0.3 is 0 Å². The maximum absolute atomic E-state index is 12.7. The molecule has 1 atom stereocenters. The highest BCUT2D eigenvalue weighted by molar-refractivity contribution is 5.76. The van der Waals surface area contributed by atoms with Crippen LogP contribution in [0.4, 0.5) is 0 Å². The molecule has 1 aliphatic rings. The minimum absolute atomic E-state index is 0.238. The smallest absolute Gasteiger partial charge is 0.222 e. The van der Waals surface area contributed by atoms with Crippen molar-refractivity contribution in [2.45, 2.75) is 32.2 Å². The van der Waals surface area contributed by atoms with Gasteiger partial charge in [-0.3, -0.25) is 9.78 Å². The van der Waals surface area contributed by atoms with Gasteiger partial charge in [0.05, 0.1) is 6.04 Å². The zero-order chi connectivity index (χ0) is 18.6. The number of rotatable bonds is 5. The first-order chi connectivity index (χ1) is 13.2. The second-order valence-electron chi connectivity index (χ2n) is 7.10. The van der Waals surface area contributed by atoms with Crippen molar-refractivity contribution >= 4 is 5.91 Å². The number of pyridine rings is 1. The molecule has 1 fully saturated rings. The number of hydrogen-bond donors (Lipinski definition) is 0. The molecule has 5 nitrogen and oxygen atoms in total. The van der Waals surface area contributed by atoms with Crippen molar-refractivity contribution < 1.29 is 4.79 Å². The summed E-state index contributed by atoms with van der Waals surface area (Å²) < 4.78 is 2.27. The van der Waals surface area contributed by atoms with Gasteiger partial charge in [0.15, 0.2) is 0 Å². The van der Waals surface area contributed by atoms with Crippen LogP contribution in [-0.4, -0.2) is 38.4 Å². The Balaban J connectivity index is 1.44. The number of carbonyl (C=O) groups is 1. The van der Waals surface area contributed by atoms with Gasteiger partial charge in [-0.25, -0.2) is 4.98 Å². The summed E-state index contributed by atoms with van der Waals surface area (Å²) >= 11 is 0. The Morgan fingerprint density at radius 1 is 1.15 bits per heavy atom. The normalized spacial score (nSPS) is 16.6. The second kappa shape index (κ2) is 7.74. The van der Waals surface area contributed by atoms with Gasteiger partial charge in [0.1, 0.15) is 5.82 Å². The molecular formula is C22H24N4O. The summed E-state index contributed by atoms with van der Waals surface area (Å²) in [7, 11) is 0. The summed E-state index contributed by atoms with van der Waals surface area (Å²) in [6, 6.07) is 14.4. The highest BCUT2D eigenvalue weighted by Crippen LogP contribution is 2.29. The van der Waals surface area contributed by atoms with Gasteiger partial charge in [0.25, 0.3) is 0 Å². The van der Waals surface area contributed by atoms with Gasteiger partial charge in [-0.2, -0.15) is 0 Å². The standard InChI is InChI=1S/C22H24N4O/c1-17-14-24-22(19-8-5-12-23-15-19)26(17)20-11-13-25(16-20)21(27)10-9-18-6-3-2-4-7-18/h2-8,12,14-15,20H,9-11,13,16H2,1H3. The topological polar surface area (TPSA) is 51.0 Å². The molecule has 1 saturated heterocycles. The monoisotopic (exact) mass is 360 g/mol. The van der Waals surface area contributed by atoms with Gasteiger partial charge in [0.2, 0.25) is 5.91 Å². The first kappa shape index (κ1) is 17.5. The Morgan fingerprint density at radius 3 is 2.78 bits per heavy atom. The maximum Gasteiger partial charge on any atom is 0.222 e. The van der Waals surface area contributed by atoms with Crippen LogP contribution in [0.5, 0.6) is 0 Å². The number of likely N-dealkylation sites (tertiary alicyclic amines) is 1. The number of aryl methyl sites for hydroxylation is 2. The van der Waals surface area contributed by atoms with E-state index in [4.69, 9.17) is 0 Å². The molecule has 3 aromatic rings. The lowest BCUT2D eigenvalue weighted by molar-refractivity contribution is -0.130. The van der Waals surface area contributed by atoms with Crippen molar-refractivity contribution in [3.8, 4) is 11.4 Å². The van der Waals surface area contributed by atoms with Crippen LogP contribution in [0.25, 0.3) is 11.4 Å². The molecule has 4 rings (SSSR count). The van der Waals surface area contributed by atoms with Gasteiger partial charge < -0.3 is 9.47 Å². The average Bonchev–Trinajstić information content (AvgIpc) is 3.34. The van der Waals surface area contributed by atoms with E-state index in [-0.39, 0.29) is 11.9 Å². The molecule has 5 heteroatoms. The minimum Gasteiger partial charge on any atom is -0.341 e. The highest BCUT2D eigenvalue weighted by Gasteiger charge is 2.29. The molecule has 138 valence electrons. The third kappa shape index (κ3) is 3.77. The second-order valence-corrected chi connectivity index (χ2v) is 7.10. The largest absolute Gasteiger partial charge is 0.341 e. The van der Waals surface area contributed by atoms with Crippen molar-refractivity contribution in [1.82, 2.24) is 19.4 Å². The lowest BCUT2D eigenvalue weighted by Gasteiger charge is -2.20. The van der Waals surface area contributed by atoms with Crippen LogP contribution in [0.3, 0.4) is 0 Å². The quantitative estimate of drug-likeness (QED) is 0.698. The number of aromatic nitrogens is 3. The molecular weight excluding hydrogens is 336 g/mol. The van der Waals surface area contributed by atoms with Gasteiger partial charge in [-0.15, -0.1) is 0 Å². The van der Waals surface area contributed by atoms with E-state index in [1.807, 2.05) is 47.6 Å². The minimum atomic E-state index is 0.238. The molecule has 27 heavy (non-hydrogen) atoms. The Hall–Kier alpha value is -2.95. The molecule has 2 aromatic heterocycles. The Labute approximate surface area is 159 Å². The summed E-state index contributed by atoms with van der Waals surface area (Å²) in [6.45, 7) is 3.63. The van der Waals surface area contributed by atoms with E-state index in [2.05, 4.69) is 33.6 Å². The fourth-order valence-electron chi connectivity index (χ4n) is 3.85. The van der Waals surface area contributed by atoms with E-state index >= 15 is 0 Å². The van der Waals surface area contributed by atoms with Crippen molar-refractivity contribution in [1.29, 1.82) is 0 Å². The predicted molar refractivity (Wildman–Crippen MR) is 105 cm³/mol. The van der Waals surface area contributed by atoms with Crippen LogP contribution in [0.2, 0.25) is 0 Å². The van der Waals surface area contributed by atoms with E-state index in [9.17, 15) is 4.79 Å². The van der Waals surface area contributed by atoms with Gasteiger partial charge in [0, 0.05) is 49.4 Å². The van der Waals surface area contributed by atoms with Crippen LogP contribution in [-0.2, 0) is 11.2 Å². The summed E-state index contributed by atoms with van der Waals surface area (Å²) in [4.78, 5) is 23.5. The molecule has 0 saturated carbocycles. The number of amides is 1. The number of imidazole rings is 1. The molecule has 3 heterocycles.